The van der Waals surface area contributed by atoms with E-state index in [0.717, 1.165) is 30.2 Å². The van der Waals surface area contributed by atoms with Gasteiger partial charge in [0.15, 0.2) is 11.5 Å². The van der Waals surface area contributed by atoms with Crippen LogP contribution in [0.1, 0.15) is 32.8 Å². The first-order valence-electron chi connectivity index (χ1n) is 8.05. The van der Waals surface area contributed by atoms with Crippen molar-refractivity contribution in [3.63, 3.8) is 0 Å². The van der Waals surface area contributed by atoms with Gasteiger partial charge >= 0.3 is 0 Å². The molecule has 0 bridgehead atoms. The quantitative estimate of drug-likeness (QED) is 0.639. The number of quaternary nitrogens is 1. The second kappa shape index (κ2) is 11.1. The first-order chi connectivity index (χ1) is 10.7. The fourth-order valence-corrected chi connectivity index (χ4v) is 2.01. The van der Waals surface area contributed by atoms with Gasteiger partial charge in [0.2, 0.25) is 0 Å². The highest BCUT2D eigenvalue weighted by Gasteiger charge is 2.05. The van der Waals surface area contributed by atoms with Crippen molar-refractivity contribution < 1.29 is 19.5 Å². The average Bonchev–Trinajstić information content (AvgIpc) is 2.54. The second-order valence-corrected chi connectivity index (χ2v) is 5.28. The summed E-state index contributed by atoms with van der Waals surface area (Å²) in [6, 6.07) is 6.59. The summed E-state index contributed by atoms with van der Waals surface area (Å²) in [5.41, 5.74) is 1.10. The van der Waals surface area contributed by atoms with Gasteiger partial charge < -0.3 is 19.5 Å². The number of methoxy groups -OCH3 is 1. The van der Waals surface area contributed by atoms with Gasteiger partial charge in [-0.25, -0.2) is 0 Å². The Morgan fingerprint density at radius 1 is 1.18 bits per heavy atom. The topological polar surface area (TPSA) is 44.3 Å². The molecule has 1 aromatic rings. The summed E-state index contributed by atoms with van der Waals surface area (Å²) in [6.07, 6.45) is 5.22. The molecule has 4 heteroatoms. The Morgan fingerprint density at radius 2 is 2.00 bits per heavy atom. The Bertz CT molecular complexity index is 446. The smallest absolute Gasteiger partial charge is 0.161 e. The van der Waals surface area contributed by atoms with Crippen molar-refractivity contribution in [1.29, 1.82) is 0 Å². The Kier molecular flexibility index (Phi) is 9.35. The van der Waals surface area contributed by atoms with Gasteiger partial charge in [0.05, 0.1) is 32.9 Å². The Hall–Kier alpha value is -1.52. The lowest BCUT2D eigenvalue weighted by atomic mass is 10.2. The third-order valence-corrected chi connectivity index (χ3v) is 3.51. The van der Waals surface area contributed by atoms with Crippen LogP contribution in [0.4, 0.5) is 0 Å². The van der Waals surface area contributed by atoms with Crippen LogP contribution in [0.15, 0.2) is 24.3 Å². The summed E-state index contributed by atoms with van der Waals surface area (Å²) < 4.78 is 16.7. The van der Waals surface area contributed by atoms with E-state index in [1.807, 2.05) is 37.3 Å². The fraction of sp³-hybridized carbons (Fsp3) is 0.556. The average molecular weight is 308 g/mol. The van der Waals surface area contributed by atoms with E-state index in [0.29, 0.717) is 19.3 Å². The van der Waals surface area contributed by atoms with Crippen LogP contribution in [0.2, 0.25) is 0 Å². The molecule has 0 spiro atoms. The molecule has 4 nitrogen and oxygen atoms in total. The van der Waals surface area contributed by atoms with Gasteiger partial charge in [-0.05, 0) is 38.0 Å². The number of nitrogens with two attached hydrogens (primary N) is 1. The summed E-state index contributed by atoms with van der Waals surface area (Å²) in [6.45, 7) is 9.29. The lowest BCUT2D eigenvalue weighted by molar-refractivity contribution is -0.687. The molecule has 0 unspecified atom stereocenters. The second-order valence-electron chi connectivity index (χ2n) is 5.28. The van der Waals surface area contributed by atoms with Crippen LogP contribution in [-0.2, 0) is 4.74 Å². The summed E-state index contributed by atoms with van der Waals surface area (Å²) in [4.78, 5) is 0. The Balaban J connectivity index is 2.27. The van der Waals surface area contributed by atoms with Crippen LogP contribution in [0.5, 0.6) is 11.5 Å². The van der Waals surface area contributed by atoms with Crippen molar-refractivity contribution in [3.8, 4) is 11.5 Å². The normalized spacial score (nSPS) is 12.5. The number of rotatable bonds is 11. The van der Waals surface area contributed by atoms with E-state index in [-0.39, 0.29) is 0 Å². The number of benzene rings is 1. The maximum absolute atomic E-state index is 5.73. The molecule has 0 radical (unpaired) electrons. The molecule has 124 valence electrons. The molecular weight excluding hydrogens is 278 g/mol. The molecule has 1 aromatic carbocycles. The molecule has 0 amide bonds. The molecule has 0 aliphatic heterocycles. The van der Waals surface area contributed by atoms with E-state index in [4.69, 9.17) is 14.2 Å². The number of allylic oxidation sites excluding steroid dienone is 1. The molecule has 0 aliphatic rings. The summed E-state index contributed by atoms with van der Waals surface area (Å²) >= 11 is 0. The summed E-state index contributed by atoms with van der Waals surface area (Å²) in [7, 11) is 1.66. The molecule has 1 atom stereocenters. The number of hydrogen-bond acceptors (Lipinski definition) is 3. The summed E-state index contributed by atoms with van der Waals surface area (Å²) in [5, 5.41) is 2.31. The highest BCUT2D eigenvalue weighted by Crippen LogP contribution is 2.28. The molecule has 0 fully saturated rings. The van der Waals surface area contributed by atoms with Gasteiger partial charge in [-0.2, -0.15) is 0 Å². The number of ether oxygens (including phenoxy) is 3. The van der Waals surface area contributed by atoms with Crippen molar-refractivity contribution in [3.05, 3.63) is 29.8 Å². The lowest BCUT2D eigenvalue weighted by Gasteiger charge is -2.12. The van der Waals surface area contributed by atoms with Crippen molar-refractivity contribution in [2.24, 2.45) is 0 Å². The van der Waals surface area contributed by atoms with Crippen LogP contribution in [0, 0.1) is 0 Å². The lowest BCUT2D eigenvalue weighted by Crippen LogP contribution is -2.90. The third-order valence-electron chi connectivity index (χ3n) is 3.51. The standard InChI is InChI=1S/C18H29NO3/c1-5-7-16-8-9-17(18(14-16)20-4)22-13-12-21-11-10-19-15(3)6-2/h5,7-9,14-15,19H,6,10-13H2,1-4H3/p+1/b7-5+/t15-/m1/s1. The van der Waals surface area contributed by atoms with Crippen LogP contribution in [0.3, 0.4) is 0 Å². The maximum atomic E-state index is 5.73. The highest BCUT2D eigenvalue weighted by molar-refractivity contribution is 5.55. The SMILES string of the molecule is C/C=C/c1ccc(OCCOCC[NH2+][C@H](C)CC)c(OC)c1. The fourth-order valence-electron chi connectivity index (χ4n) is 2.01. The van der Waals surface area contributed by atoms with E-state index < -0.39 is 0 Å². The predicted molar refractivity (Wildman–Crippen MR) is 90.6 cm³/mol. The zero-order chi connectivity index (χ0) is 16.2. The van der Waals surface area contributed by atoms with E-state index in [9.17, 15) is 0 Å². The zero-order valence-corrected chi connectivity index (χ0v) is 14.3. The van der Waals surface area contributed by atoms with Gasteiger partial charge in [0.25, 0.3) is 0 Å². The van der Waals surface area contributed by atoms with E-state index in [1.54, 1.807) is 7.11 Å². The predicted octanol–water partition coefficient (Wildman–Crippen LogP) is 2.49. The first kappa shape index (κ1) is 18.5. The molecule has 0 aromatic heterocycles. The minimum atomic E-state index is 0.530. The van der Waals surface area contributed by atoms with Crippen molar-refractivity contribution in [2.45, 2.75) is 33.2 Å². The highest BCUT2D eigenvalue weighted by atomic mass is 16.5. The minimum Gasteiger partial charge on any atom is -0.493 e. The molecule has 0 aliphatic carbocycles. The van der Waals surface area contributed by atoms with Crippen LogP contribution < -0.4 is 14.8 Å². The minimum absolute atomic E-state index is 0.530. The van der Waals surface area contributed by atoms with E-state index in [2.05, 4.69) is 19.2 Å². The monoisotopic (exact) mass is 308 g/mol. The Labute approximate surface area is 134 Å². The molecule has 0 saturated heterocycles. The van der Waals surface area contributed by atoms with Gasteiger partial charge in [-0.3, -0.25) is 0 Å². The molecule has 0 heterocycles. The third kappa shape index (κ3) is 6.96. The van der Waals surface area contributed by atoms with E-state index >= 15 is 0 Å². The first-order valence-corrected chi connectivity index (χ1v) is 8.05. The maximum Gasteiger partial charge on any atom is 0.161 e. The molecule has 2 N–H and O–H groups in total. The van der Waals surface area contributed by atoms with Gasteiger partial charge in [0, 0.05) is 0 Å². The molecular formula is C18H30NO3+. The summed E-state index contributed by atoms with van der Waals surface area (Å²) in [5.74, 6) is 1.51. The van der Waals surface area contributed by atoms with Gasteiger partial charge in [0.1, 0.15) is 6.61 Å². The molecule has 1 rings (SSSR count). The van der Waals surface area contributed by atoms with Gasteiger partial charge in [-0.1, -0.05) is 25.1 Å². The zero-order valence-electron chi connectivity index (χ0n) is 14.3. The van der Waals surface area contributed by atoms with Gasteiger partial charge in [-0.15, -0.1) is 0 Å². The van der Waals surface area contributed by atoms with Crippen molar-refractivity contribution in [1.82, 2.24) is 0 Å². The Morgan fingerprint density at radius 3 is 2.68 bits per heavy atom. The van der Waals surface area contributed by atoms with Crippen molar-refractivity contribution >= 4 is 6.08 Å². The molecule has 22 heavy (non-hydrogen) atoms. The van der Waals surface area contributed by atoms with Crippen molar-refractivity contribution in [2.75, 3.05) is 33.5 Å². The number of hydrogen-bond donors (Lipinski definition) is 1. The van der Waals surface area contributed by atoms with Crippen LogP contribution in [0.25, 0.3) is 6.08 Å². The van der Waals surface area contributed by atoms with Crippen LogP contribution in [-0.4, -0.2) is 39.5 Å². The largest absolute Gasteiger partial charge is 0.493 e. The van der Waals surface area contributed by atoms with Crippen LogP contribution >= 0.6 is 0 Å². The van der Waals surface area contributed by atoms with E-state index in [1.165, 1.54) is 6.42 Å². The molecule has 0 saturated carbocycles.